The molecule has 0 fully saturated rings. The maximum Gasteiger partial charge on any atom is 0.106 e. The van der Waals surface area contributed by atoms with Crippen LogP contribution in [0.4, 0.5) is 0 Å². The van der Waals surface area contributed by atoms with Crippen molar-refractivity contribution in [2.24, 2.45) is 0 Å². The summed E-state index contributed by atoms with van der Waals surface area (Å²) in [5, 5.41) is 12.9. The van der Waals surface area contributed by atoms with Gasteiger partial charge in [0.2, 0.25) is 0 Å². The highest BCUT2D eigenvalue weighted by atomic mass is 16.5. The Labute approximate surface area is 115 Å². The highest BCUT2D eigenvalue weighted by Crippen LogP contribution is 2.29. The third kappa shape index (κ3) is 3.14. The third-order valence-electron chi connectivity index (χ3n) is 3.45. The Hall–Kier alpha value is -1.38. The van der Waals surface area contributed by atoms with Crippen LogP contribution in [0.5, 0.6) is 0 Å². The van der Waals surface area contributed by atoms with Crippen molar-refractivity contribution in [2.75, 3.05) is 6.61 Å². The lowest BCUT2D eigenvalue weighted by atomic mass is 9.95. The molecule has 0 saturated heterocycles. The molecule has 0 amide bonds. The van der Waals surface area contributed by atoms with Crippen molar-refractivity contribution in [3.8, 4) is 0 Å². The first kappa shape index (κ1) is 14.0. The van der Waals surface area contributed by atoms with E-state index in [1.165, 1.54) is 0 Å². The summed E-state index contributed by atoms with van der Waals surface area (Å²) >= 11 is 0. The molecule has 0 aliphatic carbocycles. The summed E-state index contributed by atoms with van der Waals surface area (Å²) in [5.74, 6) is 0. The van der Waals surface area contributed by atoms with Gasteiger partial charge in [-0.3, -0.25) is 0 Å². The summed E-state index contributed by atoms with van der Waals surface area (Å²) in [6, 6.07) is 14.2. The van der Waals surface area contributed by atoms with Crippen LogP contribution in [-0.2, 0) is 4.74 Å². The summed E-state index contributed by atoms with van der Waals surface area (Å²) < 4.78 is 5.70. The largest absolute Gasteiger partial charge is 0.386 e. The summed E-state index contributed by atoms with van der Waals surface area (Å²) in [4.78, 5) is 0. The summed E-state index contributed by atoms with van der Waals surface area (Å²) in [5.41, 5.74) is 0.963. The van der Waals surface area contributed by atoms with Crippen LogP contribution < -0.4 is 0 Å². The Balaban J connectivity index is 2.36. The van der Waals surface area contributed by atoms with Crippen LogP contribution in [0.2, 0.25) is 0 Å². The molecule has 2 heteroatoms. The van der Waals surface area contributed by atoms with Crippen molar-refractivity contribution >= 4 is 10.8 Å². The average Bonchev–Trinajstić information content (AvgIpc) is 2.46. The van der Waals surface area contributed by atoms with Crippen LogP contribution >= 0.6 is 0 Å². The minimum Gasteiger partial charge on any atom is -0.386 e. The molecule has 2 aromatic carbocycles. The third-order valence-corrected chi connectivity index (χ3v) is 3.45. The fourth-order valence-electron chi connectivity index (χ4n) is 2.54. The first-order valence-electron chi connectivity index (χ1n) is 7.05. The van der Waals surface area contributed by atoms with Crippen LogP contribution in [0.1, 0.15) is 38.4 Å². The minimum absolute atomic E-state index is 0.124. The van der Waals surface area contributed by atoms with Crippen LogP contribution in [0.3, 0.4) is 0 Å². The quantitative estimate of drug-likeness (QED) is 0.846. The fraction of sp³-hybridized carbons (Fsp3) is 0.412. The molecule has 2 unspecified atom stereocenters. The van der Waals surface area contributed by atoms with Gasteiger partial charge >= 0.3 is 0 Å². The molecule has 2 nitrogen and oxygen atoms in total. The first-order valence-corrected chi connectivity index (χ1v) is 7.05. The van der Waals surface area contributed by atoms with E-state index in [4.69, 9.17) is 4.74 Å². The molecule has 2 aromatic rings. The molecule has 2 atom stereocenters. The van der Waals surface area contributed by atoms with Gasteiger partial charge in [-0.05, 0) is 29.7 Å². The lowest BCUT2D eigenvalue weighted by Crippen LogP contribution is -2.22. The monoisotopic (exact) mass is 258 g/mol. The Kier molecular flexibility index (Phi) is 4.94. The molecule has 0 aliphatic heterocycles. The lowest BCUT2D eigenvalue weighted by molar-refractivity contribution is -0.0378. The number of benzene rings is 2. The molecular formula is C17H22O2. The van der Waals surface area contributed by atoms with Crippen molar-refractivity contribution in [3.63, 3.8) is 0 Å². The van der Waals surface area contributed by atoms with Gasteiger partial charge in [0.05, 0.1) is 6.10 Å². The Morgan fingerprint density at radius 2 is 1.79 bits per heavy atom. The molecule has 0 aromatic heterocycles. The molecule has 0 aliphatic rings. The Bertz CT molecular complexity index is 510. The number of hydrogen-bond donors (Lipinski definition) is 1. The number of aliphatic hydroxyl groups is 1. The van der Waals surface area contributed by atoms with E-state index in [0.29, 0.717) is 6.61 Å². The van der Waals surface area contributed by atoms with Gasteiger partial charge in [0.1, 0.15) is 6.10 Å². The molecule has 0 bridgehead atoms. The van der Waals surface area contributed by atoms with E-state index in [0.717, 1.165) is 29.2 Å². The van der Waals surface area contributed by atoms with Crippen molar-refractivity contribution in [1.82, 2.24) is 0 Å². The van der Waals surface area contributed by atoms with Gasteiger partial charge in [-0.2, -0.15) is 0 Å². The SMILES string of the molecule is CCCC(OCC)C(O)c1cccc2ccccc12. The van der Waals surface area contributed by atoms with E-state index in [2.05, 4.69) is 25.1 Å². The standard InChI is InChI=1S/C17H22O2/c1-3-8-16(19-4-2)17(18)15-12-7-10-13-9-5-6-11-14(13)15/h5-7,9-12,16-18H,3-4,8H2,1-2H3. The Morgan fingerprint density at radius 1 is 1.05 bits per heavy atom. The van der Waals surface area contributed by atoms with Crippen molar-refractivity contribution in [2.45, 2.75) is 38.9 Å². The van der Waals surface area contributed by atoms with Gasteiger partial charge in [0.15, 0.2) is 0 Å². The maximum absolute atomic E-state index is 10.6. The molecular weight excluding hydrogens is 236 g/mol. The van der Waals surface area contributed by atoms with Gasteiger partial charge in [-0.1, -0.05) is 55.8 Å². The predicted molar refractivity (Wildman–Crippen MR) is 79.2 cm³/mol. The van der Waals surface area contributed by atoms with Gasteiger partial charge in [0, 0.05) is 6.61 Å². The van der Waals surface area contributed by atoms with Crippen LogP contribution in [-0.4, -0.2) is 17.8 Å². The summed E-state index contributed by atoms with van der Waals surface area (Å²) in [6.07, 6.45) is 1.19. The molecule has 0 saturated carbocycles. The molecule has 1 N–H and O–H groups in total. The minimum atomic E-state index is -0.564. The van der Waals surface area contributed by atoms with Crippen molar-refractivity contribution in [1.29, 1.82) is 0 Å². The normalized spacial score (nSPS) is 14.5. The van der Waals surface area contributed by atoms with E-state index < -0.39 is 6.10 Å². The highest BCUT2D eigenvalue weighted by molar-refractivity contribution is 5.86. The lowest BCUT2D eigenvalue weighted by Gasteiger charge is -2.24. The molecule has 102 valence electrons. The second kappa shape index (κ2) is 6.69. The van der Waals surface area contributed by atoms with Gasteiger partial charge < -0.3 is 9.84 Å². The predicted octanol–water partition coefficient (Wildman–Crippen LogP) is 4.08. The number of fused-ring (bicyclic) bond motifs is 1. The first-order chi connectivity index (χ1) is 9.27. The van der Waals surface area contributed by atoms with E-state index in [-0.39, 0.29) is 6.10 Å². The van der Waals surface area contributed by atoms with Crippen LogP contribution in [0, 0.1) is 0 Å². The molecule has 0 heterocycles. The van der Waals surface area contributed by atoms with Crippen molar-refractivity contribution in [3.05, 3.63) is 48.0 Å². The Morgan fingerprint density at radius 3 is 2.53 bits per heavy atom. The van der Waals surface area contributed by atoms with Gasteiger partial charge in [-0.25, -0.2) is 0 Å². The average molecular weight is 258 g/mol. The maximum atomic E-state index is 10.6. The number of aliphatic hydroxyl groups excluding tert-OH is 1. The molecule has 0 radical (unpaired) electrons. The van der Waals surface area contributed by atoms with E-state index >= 15 is 0 Å². The highest BCUT2D eigenvalue weighted by Gasteiger charge is 2.21. The zero-order chi connectivity index (χ0) is 13.7. The van der Waals surface area contributed by atoms with E-state index in [9.17, 15) is 5.11 Å². The second-order valence-electron chi connectivity index (χ2n) is 4.80. The molecule has 0 spiro atoms. The zero-order valence-electron chi connectivity index (χ0n) is 11.7. The second-order valence-corrected chi connectivity index (χ2v) is 4.80. The smallest absolute Gasteiger partial charge is 0.106 e. The topological polar surface area (TPSA) is 29.5 Å². The number of rotatable bonds is 6. The zero-order valence-corrected chi connectivity index (χ0v) is 11.7. The van der Waals surface area contributed by atoms with Crippen LogP contribution in [0.15, 0.2) is 42.5 Å². The van der Waals surface area contributed by atoms with Gasteiger partial charge in [-0.15, -0.1) is 0 Å². The van der Waals surface area contributed by atoms with E-state index in [1.54, 1.807) is 0 Å². The summed E-state index contributed by atoms with van der Waals surface area (Å²) in [7, 11) is 0. The van der Waals surface area contributed by atoms with Crippen LogP contribution in [0.25, 0.3) is 10.8 Å². The summed E-state index contributed by atoms with van der Waals surface area (Å²) in [6.45, 7) is 4.72. The van der Waals surface area contributed by atoms with E-state index in [1.807, 2.05) is 31.2 Å². The number of ether oxygens (including phenoxy) is 1. The fourth-order valence-corrected chi connectivity index (χ4v) is 2.54. The number of hydrogen-bond acceptors (Lipinski definition) is 2. The molecule has 19 heavy (non-hydrogen) atoms. The molecule has 2 rings (SSSR count). The van der Waals surface area contributed by atoms with Crippen molar-refractivity contribution < 1.29 is 9.84 Å². The van der Waals surface area contributed by atoms with Gasteiger partial charge in [0.25, 0.3) is 0 Å².